The van der Waals surface area contributed by atoms with Crippen molar-refractivity contribution < 1.29 is 18.6 Å². The van der Waals surface area contributed by atoms with Crippen LogP contribution < -0.4 is 9.47 Å². The molecule has 178 valence electrons. The summed E-state index contributed by atoms with van der Waals surface area (Å²) in [5.41, 5.74) is 7.77. The van der Waals surface area contributed by atoms with E-state index in [0.717, 1.165) is 70.8 Å². The van der Waals surface area contributed by atoms with Gasteiger partial charge in [0.1, 0.15) is 17.3 Å². The van der Waals surface area contributed by atoms with Crippen molar-refractivity contribution >= 4 is 17.1 Å². The number of aromatic nitrogens is 1. The summed E-state index contributed by atoms with van der Waals surface area (Å²) in [5.74, 6) is 1.52. The van der Waals surface area contributed by atoms with Gasteiger partial charge in [0, 0.05) is 53.7 Å². The predicted molar refractivity (Wildman–Crippen MR) is 136 cm³/mol. The van der Waals surface area contributed by atoms with Crippen LogP contribution >= 0.6 is 0 Å². The van der Waals surface area contributed by atoms with Crippen LogP contribution in [0.15, 0.2) is 59.6 Å². The summed E-state index contributed by atoms with van der Waals surface area (Å²) < 4.78 is 33.2. The van der Waals surface area contributed by atoms with E-state index in [9.17, 15) is 4.39 Å². The molecular formula is C29H27FN2O3. The summed E-state index contributed by atoms with van der Waals surface area (Å²) in [6, 6.07) is 17.3. The third kappa shape index (κ3) is 3.78. The van der Waals surface area contributed by atoms with E-state index in [1.54, 1.807) is 14.2 Å². The van der Waals surface area contributed by atoms with E-state index in [1.165, 1.54) is 23.4 Å². The minimum absolute atomic E-state index is 0.247. The Labute approximate surface area is 203 Å². The summed E-state index contributed by atoms with van der Waals surface area (Å²) in [6.07, 6.45) is 3.79. The van der Waals surface area contributed by atoms with Crippen LogP contribution in [-0.2, 0) is 11.3 Å². The maximum atomic E-state index is 13.9. The lowest BCUT2D eigenvalue weighted by molar-refractivity contribution is 0.0843. The topological polar surface area (TPSA) is 45.0 Å². The molecule has 1 fully saturated rings. The van der Waals surface area contributed by atoms with Gasteiger partial charge in [-0.1, -0.05) is 0 Å². The highest BCUT2D eigenvalue weighted by Crippen LogP contribution is 2.46. The van der Waals surface area contributed by atoms with Crippen molar-refractivity contribution in [2.24, 2.45) is 4.99 Å². The first-order chi connectivity index (χ1) is 17.2. The smallest absolute Gasteiger partial charge is 0.123 e. The van der Waals surface area contributed by atoms with Gasteiger partial charge >= 0.3 is 0 Å². The van der Waals surface area contributed by atoms with Crippen molar-refractivity contribution in [2.75, 3.05) is 27.4 Å². The standard InChI is InChI=1S/C29H27FN2O3/c1-33-24-11-19(12-25(15-24)34-2)28-26-13-20-16-31-17-21(20)14-27(26)32(23-5-3-22(30)4-6-23)29(28)18-7-9-35-10-8-18/h3-6,11-15,17-18H,7-10,16H2,1-2H3. The zero-order valence-corrected chi connectivity index (χ0v) is 19.9. The molecule has 0 bridgehead atoms. The molecule has 0 radical (unpaired) electrons. The number of fused-ring (bicyclic) bond motifs is 2. The maximum Gasteiger partial charge on any atom is 0.123 e. The lowest BCUT2D eigenvalue weighted by atomic mass is 9.89. The number of methoxy groups -OCH3 is 2. The fraction of sp³-hybridized carbons (Fsp3) is 0.276. The van der Waals surface area contributed by atoms with Gasteiger partial charge < -0.3 is 18.8 Å². The number of ether oxygens (including phenoxy) is 3. The van der Waals surface area contributed by atoms with Crippen molar-refractivity contribution in [3.05, 3.63) is 77.2 Å². The second-order valence-electron chi connectivity index (χ2n) is 9.10. The number of rotatable bonds is 5. The Kier molecular flexibility index (Phi) is 5.53. The zero-order valence-electron chi connectivity index (χ0n) is 19.9. The number of nitrogens with zero attached hydrogens (tertiary/aromatic N) is 2. The van der Waals surface area contributed by atoms with Crippen LogP contribution in [0.5, 0.6) is 11.5 Å². The molecule has 1 aromatic heterocycles. The molecule has 4 aromatic rings. The zero-order chi connectivity index (χ0) is 23.9. The minimum Gasteiger partial charge on any atom is -0.497 e. The highest BCUT2D eigenvalue weighted by atomic mass is 19.1. The number of halogens is 1. The average molecular weight is 471 g/mol. The highest BCUT2D eigenvalue weighted by Gasteiger charge is 2.29. The molecular weight excluding hydrogens is 443 g/mol. The molecule has 3 heterocycles. The molecule has 3 aromatic carbocycles. The molecule has 0 saturated carbocycles. The summed E-state index contributed by atoms with van der Waals surface area (Å²) in [4.78, 5) is 4.50. The summed E-state index contributed by atoms with van der Waals surface area (Å²) >= 11 is 0. The molecule has 1 saturated heterocycles. The Bertz CT molecular complexity index is 1410. The Morgan fingerprint density at radius 2 is 1.66 bits per heavy atom. The van der Waals surface area contributed by atoms with E-state index in [4.69, 9.17) is 14.2 Å². The van der Waals surface area contributed by atoms with Crippen LogP contribution in [0.25, 0.3) is 27.7 Å². The minimum atomic E-state index is -0.247. The Hall–Kier alpha value is -3.64. The fourth-order valence-electron chi connectivity index (χ4n) is 5.39. The first-order valence-corrected chi connectivity index (χ1v) is 11.9. The molecule has 0 unspecified atom stereocenters. The molecule has 5 nitrogen and oxygen atoms in total. The molecule has 0 atom stereocenters. The van der Waals surface area contributed by atoms with Gasteiger partial charge in [0.2, 0.25) is 0 Å². The van der Waals surface area contributed by atoms with Gasteiger partial charge in [0.15, 0.2) is 0 Å². The molecule has 6 heteroatoms. The molecule has 0 amide bonds. The van der Waals surface area contributed by atoms with Crippen LogP contribution in [0.1, 0.15) is 35.6 Å². The third-order valence-corrected chi connectivity index (χ3v) is 7.09. The van der Waals surface area contributed by atoms with E-state index in [2.05, 4.69) is 33.8 Å². The Balaban J connectivity index is 1.73. The van der Waals surface area contributed by atoms with Crippen LogP contribution in [0.4, 0.5) is 4.39 Å². The quantitative estimate of drug-likeness (QED) is 0.345. The van der Waals surface area contributed by atoms with Crippen LogP contribution in [0, 0.1) is 5.82 Å². The van der Waals surface area contributed by atoms with Crippen molar-refractivity contribution in [1.29, 1.82) is 0 Å². The number of hydrogen-bond donors (Lipinski definition) is 0. The van der Waals surface area contributed by atoms with E-state index in [0.29, 0.717) is 6.54 Å². The first kappa shape index (κ1) is 21.9. The predicted octanol–water partition coefficient (Wildman–Crippen LogP) is 6.28. The molecule has 35 heavy (non-hydrogen) atoms. The van der Waals surface area contributed by atoms with Gasteiger partial charge in [0.05, 0.1) is 26.3 Å². The third-order valence-electron chi connectivity index (χ3n) is 7.09. The van der Waals surface area contributed by atoms with Crippen molar-refractivity contribution in [2.45, 2.75) is 25.3 Å². The second kappa shape index (κ2) is 8.86. The van der Waals surface area contributed by atoms with E-state index >= 15 is 0 Å². The number of benzene rings is 3. The van der Waals surface area contributed by atoms with Crippen LogP contribution in [0.2, 0.25) is 0 Å². The molecule has 0 aliphatic carbocycles. The normalized spacial score (nSPS) is 15.5. The first-order valence-electron chi connectivity index (χ1n) is 11.9. The van der Waals surface area contributed by atoms with Gasteiger partial charge in [-0.05, 0) is 78.1 Å². The number of aliphatic imine (C=N–C) groups is 1. The molecule has 0 N–H and O–H groups in total. The Morgan fingerprint density at radius 1 is 0.943 bits per heavy atom. The SMILES string of the molecule is COc1cc(OC)cc(-c2c(C3CCOCC3)n(-c3ccc(F)cc3)c3cc4c(cc23)CN=C4)c1. The van der Waals surface area contributed by atoms with Gasteiger partial charge in [-0.15, -0.1) is 0 Å². The van der Waals surface area contributed by atoms with Gasteiger partial charge in [0.25, 0.3) is 0 Å². The monoisotopic (exact) mass is 470 g/mol. The van der Waals surface area contributed by atoms with Crippen LogP contribution in [0.3, 0.4) is 0 Å². The lowest BCUT2D eigenvalue weighted by Gasteiger charge is -2.26. The fourth-order valence-corrected chi connectivity index (χ4v) is 5.39. The maximum absolute atomic E-state index is 13.9. The second-order valence-corrected chi connectivity index (χ2v) is 9.10. The van der Waals surface area contributed by atoms with Gasteiger partial charge in [-0.2, -0.15) is 0 Å². The van der Waals surface area contributed by atoms with E-state index < -0.39 is 0 Å². The lowest BCUT2D eigenvalue weighted by Crippen LogP contribution is -2.17. The Morgan fingerprint density at radius 3 is 2.34 bits per heavy atom. The highest BCUT2D eigenvalue weighted by molar-refractivity contribution is 6.03. The number of hydrogen-bond acceptors (Lipinski definition) is 4. The summed E-state index contributed by atoms with van der Waals surface area (Å²) in [7, 11) is 3.34. The van der Waals surface area contributed by atoms with Crippen LogP contribution in [-0.4, -0.2) is 38.2 Å². The molecule has 2 aliphatic rings. The molecule has 6 rings (SSSR count). The van der Waals surface area contributed by atoms with Gasteiger partial charge in [-0.3, -0.25) is 4.99 Å². The summed E-state index contributed by atoms with van der Waals surface area (Å²) in [6.45, 7) is 2.12. The van der Waals surface area contributed by atoms with Crippen molar-refractivity contribution in [3.8, 4) is 28.3 Å². The molecule has 0 spiro atoms. The van der Waals surface area contributed by atoms with Crippen molar-refractivity contribution in [1.82, 2.24) is 4.57 Å². The summed E-state index contributed by atoms with van der Waals surface area (Å²) in [5, 5.41) is 1.15. The van der Waals surface area contributed by atoms with E-state index in [-0.39, 0.29) is 11.7 Å². The molecule has 2 aliphatic heterocycles. The van der Waals surface area contributed by atoms with E-state index in [1.807, 2.05) is 24.4 Å². The average Bonchev–Trinajstić information content (AvgIpc) is 3.49. The largest absolute Gasteiger partial charge is 0.497 e. The van der Waals surface area contributed by atoms with Gasteiger partial charge in [-0.25, -0.2) is 4.39 Å². The van der Waals surface area contributed by atoms with Crippen molar-refractivity contribution in [3.63, 3.8) is 0 Å².